The predicted molar refractivity (Wildman–Crippen MR) is 95.1 cm³/mol. The zero-order valence-electron chi connectivity index (χ0n) is 12.6. The fraction of sp³-hybridized carbons (Fsp3) is 0.118. The normalized spacial score (nSPS) is 10.5. The summed E-state index contributed by atoms with van der Waals surface area (Å²) in [5.41, 5.74) is 1.29. The summed E-state index contributed by atoms with van der Waals surface area (Å²) in [6.45, 7) is 0.163. The molecular weight excluding hydrogens is 345 g/mol. The van der Waals surface area contributed by atoms with Crippen LogP contribution in [-0.4, -0.2) is 22.5 Å². The molecule has 0 aliphatic heterocycles. The molecule has 4 nitrogen and oxygen atoms in total. The summed E-state index contributed by atoms with van der Waals surface area (Å²) in [7, 11) is 0. The molecule has 2 aromatic carbocycles. The molecule has 3 rings (SSSR count). The van der Waals surface area contributed by atoms with Gasteiger partial charge in [0.1, 0.15) is 5.82 Å². The number of halogens is 1. The highest BCUT2D eigenvalue weighted by atomic mass is 32.2. The first-order valence-electron chi connectivity index (χ1n) is 7.24. The molecule has 1 N–H and O–H groups in total. The van der Waals surface area contributed by atoms with Gasteiger partial charge < -0.3 is 5.32 Å². The van der Waals surface area contributed by atoms with Crippen molar-refractivity contribution in [3.8, 4) is 0 Å². The molecule has 122 valence electrons. The smallest absolute Gasteiger partial charge is 0.206 e. The molecule has 1 aromatic heterocycles. The average Bonchev–Trinajstić information content (AvgIpc) is 3.08. The van der Waals surface area contributed by atoms with E-state index in [1.165, 1.54) is 29.2 Å². The minimum atomic E-state index is -0.221. The molecule has 0 bridgehead atoms. The fourth-order valence-electron chi connectivity index (χ4n) is 1.98. The number of hydrogen-bond acceptors (Lipinski definition) is 6. The van der Waals surface area contributed by atoms with E-state index in [2.05, 4.69) is 15.5 Å². The predicted octanol–water partition coefficient (Wildman–Crippen LogP) is 4.26. The lowest BCUT2D eigenvalue weighted by Gasteiger charge is -2.01. The van der Waals surface area contributed by atoms with Gasteiger partial charge in [0.15, 0.2) is 10.1 Å². The molecule has 24 heavy (non-hydrogen) atoms. The molecule has 0 radical (unpaired) electrons. The Hall–Kier alpha value is -2.25. The van der Waals surface area contributed by atoms with E-state index in [1.54, 1.807) is 30.3 Å². The maximum Gasteiger partial charge on any atom is 0.206 e. The van der Waals surface area contributed by atoms with Crippen molar-refractivity contribution >= 4 is 34.0 Å². The lowest BCUT2D eigenvalue weighted by Crippen LogP contribution is -2.13. The van der Waals surface area contributed by atoms with E-state index < -0.39 is 0 Å². The SMILES string of the molecule is O=C(CNc1nnc(SCc2ccccc2F)s1)c1ccccc1. The van der Waals surface area contributed by atoms with Crippen LogP contribution in [0.25, 0.3) is 0 Å². The summed E-state index contributed by atoms with van der Waals surface area (Å²) in [4.78, 5) is 12.0. The van der Waals surface area contributed by atoms with E-state index in [1.807, 2.05) is 18.2 Å². The number of benzene rings is 2. The summed E-state index contributed by atoms with van der Waals surface area (Å²) in [5, 5.41) is 11.6. The Morgan fingerprint density at radius 2 is 1.83 bits per heavy atom. The standard InChI is InChI=1S/C17H14FN3OS2/c18-14-9-5-4-8-13(14)11-23-17-21-20-16(24-17)19-10-15(22)12-6-2-1-3-7-12/h1-9H,10-11H2,(H,19,20). The van der Waals surface area contributed by atoms with Gasteiger partial charge in [-0.3, -0.25) is 4.79 Å². The van der Waals surface area contributed by atoms with Crippen LogP contribution in [0.3, 0.4) is 0 Å². The monoisotopic (exact) mass is 359 g/mol. The molecule has 0 fully saturated rings. The number of ketones is 1. The van der Waals surface area contributed by atoms with Gasteiger partial charge in [0.2, 0.25) is 5.13 Å². The molecule has 1 heterocycles. The Bertz CT molecular complexity index is 823. The van der Waals surface area contributed by atoms with E-state index in [9.17, 15) is 9.18 Å². The summed E-state index contributed by atoms with van der Waals surface area (Å²) >= 11 is 2.77. The van der Waals surface area contributed by atoms with Gasteiger partial charge in [-0.2, -0.15) is 0 Å². The number of carbonyl (C=O) groups is 1. The van der Waals surface area contributed by atoms with Crippen molar-refractivity contribution in [1.82, 2.24) is 10.2 Å². The zero-order valence-corrected chi connectivity index (χ0v) is 14.2. The highest BCUT2D eigenvalue weighted by Gasteiger charge is 2.09. The highest BCUT2D eigenvalue weighted by molar-refractivity contribution is 8.00. The van der Waals surface area contributed by atoms with E-state index in [4.69, 9.17) is 0 Å². The van der Waals surface area contributed by atoms with Crippen LogP contribution in [0.2, 0.25) is 0 Å². The van der Waals surface area contributed by atoms with Crippen LogP contribution in [0.1, 0.15) is 15.9 Å². The fourth-order valence-corrected chi connectivity index (χ4v) is 3.71. The zero-order chi connectivity index (χ0) is 16.8. The Balaban J connectivity index is 1.52. The second-order valence-electron chi connectivity index (χ2n) is 4.90. The molecule has 3 aromatic rings. The van der Waals surface area contributed by atoms with Gasteiger partial charge in [0.05, 0.1) is 6.54 Å². The third-order valence-corrected chi connectivity index (χ3v) is 5.27. The van der Waals surface area contributed by atoms with E-state index >= 15 is 0 Å². The molecule has 0 amide bonds. The lowest BCUT2D eigenvalue weighted by atomic mass is 10.1. The third kappa shape index (κ3) is 4.39. The molecule has 7 heteroatoms. The number of rotatable bonds is 7. The third-order valence-electron chi connectivity index (χ3n) is 3.21. The number of nitrogens with zero attached hydrogens (tertiary/aromatic N) is 2. The quantitative estimate of drug-likeness (QED) is 0.504. The minimum absolute atomic E-state index is 0.00800. The number of aromatic nitrogens is 2. The first-order chi connectivity index (χ1) is 11.7. The van der Waals surface area contributed by atoms with Gasteiger partial charge in [-0.15, -0.1) is 10.2 Å². The van der Waals surface area contributed by atoms with Crippen molar-refractivity contribution in [2.75, 3.05) is 11.9 Å². The van der Waals surface area contributed by atoms with Gasteiger partial charge >= 0.3 is 0 Å². The minimum Gasteiger partial charge on any atom is -0.353 e. The Kier molecular flexibility index (Phi) is 5.55. The van der Waals surface area contributed by atoms with Crippen LogP contribution < -0.4 is 5.32 Å². The van der Waals surface area contributed by atoms with Crippen LogP contribution in [0.5, 0.6) is 0 Å². The first-order valence-corrected chi connectivity index (χ1v) is 9.04. The van der Waals surface area contributed by atoms with Gasteiger partial charge in [-0.05, 0) is 11.6 Å². The van der Waals surface area contributed by atoms with Crippen molar-refractivity contribution in [3.63, 3.8) is 0 Å². The molecule has 0 saturated carbocycles. The topological polar surface area (TPSA) is 54.9 Å². The van der Waals surface area contributed by atoms with Gasteiger partial charge in [0.25, 0.3) is 0 Å². The molecule has 0 spiro atoms. The average molecular weight is 359 g/mol. The maximum atomic E-state index is 13.6. The second kappa shape index (κ2) is 8.03. The maximum absolute atomic E-state index is 13.6. The van der Waals surface area contributed by atoms with Crippen LogP contribution >= 0.6 is 23.1 Å². The summed E-state index contributed by atoms with van der Waals surface area (Å²) in [5.74, 6) is 0.261. The molecule has 0 atom stereocenters. The number of hydrogen-bond donors (Lipinski definition) is 1. The number of carbonyl (C=O) groups excluding carboxylic acids is 1. The van der Waals surface area contributed by atoms with Gasteiger partial charge in [-0.25, -0.2) is 4.39 Å². The van der Waals surface area contributed by atoms with E-state index in [0.29, 0.717) is 22.0 Å². The Morgan fingerprint density at radius 1 is 1.08 bits per heavy atom. The molecule has 0 aliphatic rings. The largest absolute Gasteiger partial charge is 0.353 e. The lowest BCUT2D eigenvalue weighted by molar-refractivity contribution is 0.101. The van der Waals surface area contributed by atoms with Crippen molar-refractivity contribution in [3.05, 3.63) is 71.5 Å². The van der Waals surface area contributed by atoms with Gasteiger partial charge in [0, 0.05) is 11.3 Å². The van der Waals surface area contributed by atoms with Crippen molar-refractivity contribution in [1.29, 1.82) is 0 Å². The molecule has 0 saturated heterocycles. The van der Waals surface area contributed by atoms with Crippen molar-refractivity contribution in [2.45, 2.75) is 10.1 Å². The van der Waals surface area contributed by atoms with Crippen LogP contribution in [-0.2, 0) is 5.75 Å². The molecule has 0 unspecified atom stereocenters. The highest BCUT2D eigenvalue weighted by Crippen LogP contribution is 2.28. The van der Waals surface area contributed by atoms with Crippen molar-refractivity contribution in [2.24, 2.45) is 0 Å². The molecule has 0 aliphatic carbocycles. The summed E-state index contributed by atoms with van der Waals surface area (Å²) < 4.78 is 14.3. The number of anilines is 1. The Morgan fingerprint density at radius 3 is 2.62 bits per heavy atom. The summed E-state index contributed by atoms with van der Waals surface area (Å²) in [6, 6.07) is 15.7. The van der Waals surface area contributed by atoms with E-state index in [-0.39, 0.29) is 18.1 Å². The van der Waals surface area contributed by atoms with E-state index in [0.717, 1.165) is 4.34 Å². The number of thioether (sulfide) groups is 1. The van der Waals surface area contributed by atoms with Crippen LogP contribution in [0, 0.1) is 5.82 Å². The Labute approximate surface area is 147 Å². The second-order valence-corrected chi connectivity index (χ2v) is 7.10. The number of Topliss-reactive ketones (excluding diaryl/α,β-unsaturated/α-hetero) is 1. The van der Waals surface area contributed by atoms with Gasteiger partial charge in [-0.1, -0.05) is 71.6 Å². The number of nitrogens with one attached hydrogen (secondary N) is 1. The van der Waals surface area contributed by atoms with Crippen molar-refractivity contribution < 1.29 is 9.18 Å². The summed E-state index contributed by atoms with van der Waals surface area (Å²) in [6.07, 6.45) is 0. The van der Waals surface area contributed by atoms with Crippen LogP contribution in [0.15, 0.2) is 58.9 Å². The molecular formula is C17H14FN3OS2. The first kappa shape index (κ1) is 16.6. The van der Waals surface area contributed by atoms with Crippen LogP contribution in [0.4, 0.5) is 9.52 Å².